The first kappa shape index (κ1) is 14.5. The van der Waals surface area contributed by atoms with Crippen molar-refractivity contribution in [2.45, 2.75) is 32.8 Å². The summed E-state index contributed by atoms with van der Waals surface area (Å²) in [4.78, 5) is 19.2. The van der Waals surface area contributed by atoms with Gasteiger partial charge in [-0.2, -0.15) is 0 Å². The van der Waals surface area contributed by atoms with Crippen LogP contribution in [0.4, 0.5) is 0 Å². The third-order valence-corrected chi connectivity index (χ3v) is 3.78. The van der Waals surface area contributed by atoms with Crippen molar-refractivity contribution in [1.29, 1.82) is 0 Å². The highest BCUT2D eigenvalue weighted by Gasteiger charge is 2.25. The highest BCUT2D eigenvalue weighted by molar-refractivity contribution is 5.87. The summed E-state index contributed by atoms with van der Waals surface area (Å²) in [5, 5.41) is 13.8. The molecule has 2 aromatic rings. The molecule has 0 spiro atoms. The summed E-state index contributed by atoms with van der Waals surface area (Å²) < 4.78 is 0. The summed E-state index contributed by atoms with van der Waals surface area (Å²) in [5.74, 6) is -0.0178. The van der Waals surface area contributed by atoms with E-state index in [2.05, 4.69) is 15.3 Å². The van der Waals surface area contributed by atoms with Gasteiger partial charge in [-0.05, 0) is 30.5 Å². The standard InChI is InChI=1S/C15H21N3O2/c1-10(2)15(3,20)9-18-13(19)7-11-8-17-14-12(11)5-4-6-16-14/h4-6,8,10,20H,7,9H2,1-3H3,(H,16,17)(H,18,19). The van der Waals surface area contributed by atoms with E-state index < -0.39 is 5.60 Å². The third kappa shape index (κ3) is 3.17. The second-order valence-corrected chi connectivity index (χ2v) is 5.68. The van der Waals surface area contributed by atoms with Crippen LogP contribution in [0.5, 0.6) is 0 Å². The normalized spacial score (nSPS) is 14.4. The monoisotopic (exact) mass is 275 g/mol. The lowest BCUT2D eigenvalue weighted by Gasteiger charge is -2.27. The maximum atomic E-state index is 12.0. The number of H-pyrrole nitrogens is 1. The maximum absolute atomic E-state index is 12.0. The molecule has 2 heterocycles. The number of carbonyl (C=O) groups is 1. The Kier molecular flexibility index (Phi) is 4.09. The van der Waals surface area contributed by atoms with Crippen LogP contribution in [0.15, 0.2) is 24.5 Å². The Morgan fingerprint density at radius 2 is 2.30 bits per heavy atom. The van der Waals surface area contributed by atoms with E-state index in [-0.39, 0.29) is 24.8 Å². The number of pyridine rings is 1. The third-order valence-electron chi connectivity index (χ3n) is 3.78. The molecule has 0 bridgehead atoms. The van der Waals surface area contributed by atoms with Gasteiger partial charge < -0.3 is 15.4 Å². The van der Waals surface area contributed by atoms with Gasteiger partial charge in [-0.3, -0.25) is 4.79 Å². The molecule has 20 heavy (non-hydrogen) atoms. The van der Waals surface area contributed by atoms with E-state index in [1.807, 2.05) is 26.0 Å². The number of aromatic amines is 1. The molecule has 2 aromatic heterocycles. The van der Waals surface area contributed by atoms with Crippen LogP contribution in [0.1, 0.15) is 26.3 Å². The highest BCUT2D eigenvalue weighted by atomic mass is 16.3. The number of hydrogen-bond donors (Lipinski definition) is 3. The molecule has 0 radical (unpaired) electrons. The molecule has 1 atom stereocenters. The fourth-order valence-corrected chi connectivity index (χ4v) is 1.88. The van der Waals surface area contributed by atoms with Gasteiger partial charge in [-0.1, -0.05) is 13.8 Å². The first-order chi connectivity index (χ1) is 9.40. The zero-order valence-corrected chi connectivity index (χ0v) is 12.1. The van der Waals surface area contributed by atoms with Crippen LogP contribution >= 0.6 is 0 Å². The van der Waals surface area contributed by atoms with E-state index in [1.54, 1.807) is 19.3 Å². The van der Waals surface area contributed by atoms with E-state index in [1.165, 1.54) is 0 Å². The van der Waals surface area contributed by atoms with Crippen molar-refractivity contribution >= 4 is 16.9 Å². The summed E-state index contributed by atoms with van der Waals surface area (Å²) in [6.07, 6.45) is 3.79. The highest BCUT2D eigenvalue weighted by Crippen LogP contribution is 2.17. The largest absolute Gasteiger partial charge is 0.388 e. The zero-order valence-electron chi connectivity index (χ0n) is 12.1. The second-order valence-electron chi connectivity index (χ2n) is 5.68. The van der Waals surface area contributed by atoms with E-state index >= 15 is 0 Å². The summed E-state index contributed by atoms with van der Waals surface area (Å²) >= 11 is 0. The average Bonchev–Trinajstić information content (AvgIpc) is 2.80. The Bertz CT molecular complexity index is 602. The molecule has 2 rings (SSSR count). The molecular weight excluding hydrogens is 254 g/mol. The second kappa shape index (κ2) is 5.63. The number of nitrogens with one attached hydrogen (secondary N) is 2. The molecule has 1 unspecified atom stereocenters. The van der Waals surface area contributed by atoms with Gasteiger partial charge in [0.05, 0.1) is 12.0 Å². The van der Waals surface area contributed by atoms with E-state index in [4.69, 9.17) is 0 Å². The van der Waals surface area contributed by atoms with Crippen LogP contribution in [0.3, 0.4) is 0 Å². The van der Waals surface area contributed by atoms with Crippen molar-refractivity contribution in [2.75, 3.05) is 6.54 Å². The van der Waals surface area contributed by atoms with E-state index in [9.17, 15) is 9.90 Å². The van der Waals surface area contributed by atoms with Crippen molar-refractivity contribution in [2.24, 2.45) is 5.92 Å². The van der Waals surface area contributed by atoms with Crippen LogP contribution in [0.2, 0.25) is 0 Å². The molecule has 5 heteroatoms. The predicted molar refractivity (Wildman–Crippen MR) is 78.3 cm³/mol. The number of nitrogens with zero attached hydrogens (tertiary/aromatic N) is 1. The minimum atomic E-state index is -0.891. The zero-order chi connectivity index (χ0) is 14.8. The van der Waals surface area contributed by atoms with Crippen LogP contribution in [-0.2, 0) is 11.2 Å². The predicted octanol–water partition coefficient (Wildman–Crippen LogP) is 1.63. The lowest BCUT2D eigenvalue weighted by atomic mass is 9.92. The summed E-state index contributed by atoms with van der Waals surface area (Å²) in [5.41, 5.74) is 0.802. The average molecular weight is 275 g/mol. The number of hydrogen-bond acceptors (Lipinski definition) is 3. The Labute approximate surface area is 118 Å². The van der Waals surface area contributed by atoms with Gasteiger partial charge in [0.15, 0.2) is 0 Å². The quantitative estimate of drug-likeness (QED) is 0.776. The fraction of sp³-hybridized carbons (Fsp3) is 0.467. The smallest absolute Gasteiger partial charge is 0.224 e. The molecule has 0 saturated carbocycles. The molecule has 1 amide bonds. The van der Waals surface area contributed by atoms with Gasteiger partial charge in [0, 0.05) is 24.3 Å². The summed E-state index contributed by atoms with van der Waals surface area (Å²) in [6.45, 7) is 5.84. The molecule has 108 valence electrons. The Morgan fingerprint density at radius 1 is 1.55 bits per heavy atom. The van der Waals surface area contributed by atoms with E-state index in [0.29, 0.717) is 0 Å². The molecule has 0 aliphatic heterocycles. The van der Waals surface area contributed by atoms with Crippen LogP contribution < -0.4 is 5.32 Å². The Hall–Kier alpha value is -1.88. The van der Waals surface area contributed by atoms with Crippen LogP contribution in [-0.4, -0.2) is 33.1 Å². The van der Waals surface area contributed by atoms with Crippen molar-refractivity contribution in [3.63, 3.8) is 0 Å². The van der Waals surface area contributed by atoms with Gasteiger partial charge in [0.25, 0.3) is 0 Å². The van der Waals surface area contributed by atoms with Gasteiger partial charge in [0.2, 0.25) is 5.91 Å². The Morgan fingerprint density at radius 3 is 3.00 bits per heavy atom. The maximum Gasteiger partial charge on any atom is 0.224 e. The molecule has 0 aromatic carbocycles. The Balaban J connectivity index is 1.98. The van der Waals surface area contributed by atoms with Crippen molar-refractivity contribution in [3.05, 3.63) is 30.1 Å². The van der Waals surface area contributed by atoms with Gasteiger partial charge in [-0.15, -0.1) is 0 Å². The van der Waals surface area contributed by atoms with Gasteiger partial charge in [-0.25, -0.2) is 4.98 Å². The summed E-state index contributed by atoms with van der Waals surface area (Å²) in [7, 11) is 0. The summed E-state index contributed by atoms with van der Waals surface area (Å²) in [6, 6.07) is 3.78. The number of aromatic nitrogens is 2. The lowest BCUT2D eigenvalue weighted by molar-refractivity contribution is -0.122. The number of aliphatic hydroxyl groups is 1. The fourth-order valence-electron chi connectivity index (χ4n) is 1.88. The molecule has 3 N–H and O–H groups in total. The van der Waals surface area contributed by atoms with Crippen molar-refractivity contribution in [1.82, 2.24) is 15.3 Å². The van der Waals surface area contributed by atoms with Crippen LogP contribution in [0, 0.1) is 5.92 Å². The molecule has 0 aliphatic rings. The van der Waals surface area contributed by atoms with E-state index in [0.717, 1.165) is 16.6 Å². The number of fused-ring (bicyclic) bond motifs is 1. The van der Waals surface area contributed by atoms with Crippen molar-refractivity contribution < 1.29 is 9.90 Å². The minimum absolute atomic E-state index is 0.0834. The topological polar surface area (TPSA) is 78.0 Å². The molecular formula is C15H21N3O2. The molecule has 0 saturated heterocycles. The number of rotatable bonds is 5. The molecule has 5 nitrogen and oxygen atoms in total. The SMILES string of the molecule is CC(C)C(C)(O)CNC(=O)Cc1c[nH]c2ncccc12. The molecule has 0 aliphatic carbocycles. The van der Waals surface area contributed by atoms with Gasteiger partial charge in [0.1, 0.15) is 5.65 Å². The first-order valence-corrected chi connectivity index (χ1v) is 6.80. The minimum Gasteiger partial charge on any atom is -0.388 e. The molecule has 0 fully saturated rings. The van der Waals surface area contributed by atoms with Crippen molar-refractivity contribution in [3.8, 4) is 0 Å². The van der Waals surface area contributed by atoms with Crippen LogP contribution in [0.25, 0.3) is 11.0 Å². The number of amides is 1. The first-order valence-electron chi connectivity index (χ1n) is 6.80. The number of carbonyl (C=O) groups excluding carboxylic acids is 1. The van der Waals surface area contributed by atoms with Gasteiger partial charge >= 0.3 is 0 Å². The lowest BCUT2D eigenvalue weighted by Crippen LogP contribution is -2.44.